The number of benzene rings is 1. The van der Waals surface area contributed by atoms with Gasteiger partial charge in [0.1, 0.15) is 11.5 Å². The van der Waals surface area contributed by atoms with Crippen molar-refractivity contribution in [2.75, 3.05) is 21.3 Å². The summed E-state index contributed by atoms with van der Waals surface area (Å²) in [5, 5.41) is 5.42. The highest BCUT2D eigenvalue weighted by molar-refractivity contribution is 7.10. The van der Waals surface area contributed by atoms with Gasteiger partial charge in [-0.3, -0.25) is 0 Å². The summed E-state index contributed by atoms with van der Waals surface area (Å²) in [5.41, 5.74) is 2.44. The van der Waals surface area contributed by atoms with Crippen LogP contribution in [0.15, 0.2) is 29.6 Å². The predicted molar refractivity (Wildman–Crippen MR) is 79.5 cm³/mol. The summed E-state index contributed by atoms with van der Waals surface area (Å²) in [6, 6.07) is 8.30. The smallest absolute Gasteiger partial charge is 0.134 e. The van der Waals surface area contributed by atoms with Crippen molar-refractivity contribution in [3.63, 3.8) is 0 Å². The standard InChI is InChI=1S/C15H19NO2S/c1-10-9-11(17-3)5-6-12(10)14(16-2)15-13(18-4)7-8-19-15/h5-9,14,16H,1-4H3. The highest BCUT2D eigenvalue weighted by atomic mass is 32.1. The Morgan fingerprint density at radius 2 is 1.95 bits per heavy atom. The second kappa shape index (κ2) is 6.08. The number of ether oxygens (including phenoxy) is 2. The summed E-state index contributed by atoms with van der Waals surface area (Å²) in [6.45, 7) is 2.10. The van der Waals surface area contributed by atoms with Crippen LogP contribution in [0.4, 0.5) is 0 Å². The molecule has 0 bridgehead atoms. The second-order valence-corrected chi connectivity index (χ2v) is 5.25. The van der Waals surface area contributed by atoms with Crippen LogP contribution < -0.4 is 14.8 Å². The highest BCUT2D eigenvalue weighted by Crippen LogP contribution is 2.36. The van der Waals surface area contributed by atoms with Crippen LogP contribution >= 0.6 is 11.3 Å². The predicted octanol–water partition coefficient (Wildman–Crippen LogP) is 3.38. The Balaban J connectivity index is 2.42. The van der Waals surface area contributed by atoms with Crippen molar-refractivity contribution < 1.29 is 9.47 Å². The minimum atomic E-state index is 0.140. The lowest BCUT2D eigenvalue weighted by atomic mass is 9.99. The van der Waals surface area contributed by atoms with Gasteiger partial charge in [0.25, 0.3) is 0 Å². The Kier molecular flexibility index (Phi) is 4.45. The number of nitrogens with one attached hydrogen (secondary N) is 1. The summed E-state index contributed by atoms with van der Waals surface area (Å²) in [4.78, 5) is 1.19. The molecule has 1 aromatic heterocycles. The molecule has 19 heavy (non-hydrogen) atoms. The number of aryl methyl sites for hydroxylation is 1. The van der Waals surface area contributed by atoms with Crippen molar-refractivity contribution in [2.24, 2.45) is 0 Å². The molecule has 1 N–H and O–H groups in total. The molecule has 0 saturated carbocycles. The van der Waals surface area contributed by atoms with Gasteiger partial charge in [-0.15, -0.1) is 11.3 Å². The van der Waals surface area contributed by atoms with Crippen LogP contribution in [-0.2, 0) is 0 Å². The number of rotatable bonds is 5. The van der Waals surface area contributed by atoms with Crippen molar-refractivity contribution in [3.05, 3.63) is 45.6 Å². The third kappa shape index (κ3) is 2.74. The zero-order valence-electron chi connectivity index (χ0n) is 11.7. The van der Waals surface area contributed by atoms with Crippen LogP contribution in [-0.4, -0.2) is 21.3 Å². The lowest BCUT2D eigenvalue weighted by molar-refractivity contribution is 0.408. The van der Waals surface area contributed by atoms with Gasteiger partial charge in [-0.2, -0.15) is 0 Å². The molecule has 0 saturated heterocycles. The summed E-state index contributed by atoms with van der Waals surface area (Å²) in [5.74, 6) is 1.81. The molecule has 0 fully saturated rings. The van der Waals surface area contributed by atoms with Crippen molar-refractivity contribution in [1.29, 1.82) is 0 Å². The molecule has 4 heteroatoms. The molecule has 0 radical (unpaired) electrons. The van der Waals surface area contributed by atoms with Crippen LogP contribution in [0.3, 0.4) is 0 Å². The fourth-order valence-electron chi connectivity index (χ4n) is 2.22. The molecule has 2 rings (SSSR count). The molecule has 2 aromatic rings. The zero-order valence-corrected chi connectivity index (χ0v) is 12.5. The molecular weight excluding hydrogens is 258 g/mol. The monoisotopic (exact) mass is 277 g/mol. The molecule has 1 heterocycles. The van der Waals surface area contributed by atoms with Gasteiger partial charge >= 0.3 is 0 Å². The maximum atomic E-state index is 5.42. The molecule has 0 aliphatic rings. The van der Waals surface area contributed by atoms with Crippen LogP contribution in [0.5, 0.6) is 11.5 Å². The van der Waals surface area contributed by atoms with Gasteiger partial charge in [-0.25, -0.2) is 0 Å². The Bertz CT molecular complexity index is 551. The van der Waals surface area contributed by atoms with E-state index in [9.17, 15) is 0 Å². The van der Waals surface area contributed by atoms with Gasteiger partial charge < -0.3 is 14.8 Å². The quantitative estimate of drug-likeness (QED) is 0.909. The van der Waals surface area contributed by atoms with E-state index in [1.54, 1.807) is 25.6 Å². The van der Waals surface area contributed by atoms with Crippen molar-refractivity contribution in [2.45, 2.75) is 13.0 Å². The van der Waals surface area contributed by atoms with Crippen molar-refractivity contribution in [3.8, 4) is 11.5 Å². The van der Waals surface area contributed by atoms with E-state index >= 15 is 0 Å². The van der Waals surface area contributed by atoms with Crippen LogP contribution in [0.25, 0.3) is 0 Å². The Morgan fingerprint density at radius 3 is 2.53 bits per heavy atom. The lowest BCUT2D eigenvalue weighted by Gasteiger charge is -2.19. The van der Waals surface area contributed by atoms with Gasteiger partial charge in [0.15, 0.2) is 0 Å². The number of hydrogen-bond donors (Lipinski definition) is 1. The average molecular weight is 277 g/mol. The van der Waals surface area contributed by atoms with Gasteiger partial charge in [0, 0.05) is 0 Å². The molecule has 1 unspecified atom stereocenters. The Hall–Kier alpha value is -1.52. The number of hydrogen-bond acceptors (Lipinski definition) is 4. The van der Waals surface area contributed by atoms with E-state index in [2.05, 4.69) is 29.8 Å². The third-order valence-electron chi connectivity index (χ3n) is 3.22. The topological polar surface area (TPSA) is 30.5 Å². The maximum absolute atomic E-state index is 5.42. The van der Waals surface area contributed by atoms with E-state index < -0.39 is 0 Å². The fourth-order valence-corrected chi connectivity index (χ4v) is 3.20. The normalized spacial score (nSPS) is 12.2. The van der Waals surface area contributed by atoms with E-state index in [1.165, 1.54) is 16.0 Å². The number of thiophene rings is 1. The largest absolute Gasteiger partial charge is 0.497 e. The van der Waals surface area contributed by atoms with Gasteiger partial charge in [-0.05, 0) is 48.7 Å². The molecule has 0 amide bonds. The minimum absolute atomic E-state index is 0.140. The minimum Gasteiger partial charge on any atom is -0.497 e. The zero-order chi connectivity index (χ0) is 13.8. The van der Waals surface area contributed by atoms with Gasteiger partial charge in [-0.1, -0.05) is 6.07 Å². The summed E-state index contributed by atoms with van der Waals surface area (Å²) in [6.07, 6.45) is 0. The van der Waals surface area contributed by atoms with E-state index in [0.29, 0.717) is 0 Å². The summed E-state index contributed by atoms with van der Waals surface area (Å²) in [7, 11) is 5.36. The second-order valence-electron chi connectivity index (χ2n) is 4.30. The number of methoxy groups -OCH3 is 2. The molecule has 1 atom stereocenters. The Labute approximate surface area is 118 Å². The molecule has 1 aromatic carbocycles. The molecule has 102 valence electrons. The molecular formula is C15H19NO2S. The summed E-state index contributed by atoms with van der Waals surface area (Å²) >= 11 is 1.70. The van der Waals surface area contributed by atoms with Gasteiger partial charge in [0.05, 0.1) is 25.1 Å². The van der Waals surface area contributed by atoms with E-state index in [0.717, 1.165) is 11.5 Å². The lowest BCUT2D eigenvalue weighted by Crippen LogP contribution is -2.18. The first-order valence-corrected chi connectivity index (χ1v) is 7.02. The molecule has 0 aliphatic heterocycles. The highest BCUT2D eigenvalue weighted by Gasteiger charge is 2.19. The van der Waals surface area contributed by atoms with Crippen molar-refractivity contribution in [1.82, 2.24) is 5.32 Å². The first-order chi connectivity index (χ1) is 9.21. The van der Waals surface area contributed by atoms with Crippen LogP contribution in [0, 0.1) is 6.92 Å². The SMILES string of the molecule is CNC(c1ccc(OC)cc1C)c1sccc1OC. The third-order valence-corrected chi connectivity index (χ3v) is 4.18. The van der Waals surface area contributed by atoms with Crippen LogP contribution in [0.2, 0.25) is 0 Å². The van der Waals surface area contributed by atoms with Crippen molar-refractivity contribution >= 4 is 11.3 Å². The van der Waals surface area contributed by atoms with Crippen LogP contribution in [0.1, 0.15) is 22.0 Å². The molecule has 3 nitrogen and oxygen atoms in total. The molecule has 0 aliphatic carbocycles. The van der Waals surface area contributed by atoms with E-state index in [-0.39, 0.29) is 6.04 Å². The van der Waals surface area contributed by atoms with Gasteiger partial charge in [0.2, 0.25) is 0 Å². The summed E-state index contributed by atoms with van der Waals surface area (Å²) < 4.78 is 10.7. The van der Waals surface area contributed by atoms with E-state index in [4.69, 9.17) is 9.47 Å². The molecule has 0 spiro atoms. The first kappa shape index (κ1) is 13.9. The maximum Gasteiger partial charge on any atom is 0.134 e. The fraction of sp³-hybridized carbons (Fsp3) is 0.333. The average Bonchev–Trinajstić information content (AvgIpc) is 2.89. The first-order valence-electron chi connectivity index (χ1n) is 6.14. The van der Waals surface area contributed by atoms with E-state index in [1.807, 2.05) is 19.2 Å². The Morgan fingerprint density at radius 1 is 1.16 bits per heavy atom.